The molecule has 0 aromatic rings. The van der Waals surface area contributed by atoms with E-state index in [-0.39, 0.29) is 16.9 Å². The molecule has 1 N–H and O–H groups in total. The zero-order valence-electron chi connectivity index (χ0n) is 14.5. The second kappa shape index (κ2) is 7.06. The molecule has 0 spiro atoms. The molecule has 2 heteroatoms. The predicted molar refractivity (Wildman–Crippen MR) is 86.9 cm³/mol. The smallest absolute Gasteiger partial charge is 0.143 e. The first kappa shape index (κ1) is 17.7. The van der Waals surface area contributed by atoms with E-state index in [4.69, 9.17) is 0 Å². The molecule has 118 valence electrons. The quantitative estimate of drug-likeness (QED) is 0.714. The van der Waals surface area contributed by atoms with Crippen molar-refractivity contribution >= 4 is 5.78 Å². The van der Waals surface area contributed by atoms with Crippen molar-refractivity contribution in [3.63, 3.8) is 0 Å². The molecule has 0 saturated heterocycles. The van der Waals surface area contributed by atoms with Crippen LogP contribution in [0.15, 0.2) is 0 Å². The first-order valence-corrected chi connectivity index (χ1v) is 8.55. The summed E-state index contributed by atoms with van der Waals surface area (Å²) in [5, 5.41) is 3.79. The van der Waals surface area contributed by atoms with Gasteiger partial charge in [-0.15, -0.1) is 0 Å². The Bertz CT molecular complexity index is 319. The lowest BCUT2D eigenvalue weighted by atomic mass is 9.74. The van der Waals surface area contributed by atoms with Gasteiger partial charge in [0.1, 0.15) is 5.78 Å². The molecule has 1 fully saturated rings. The van der Waals surface area contributed by atoms with Gasteiger partial charge >= 0.3 is 0 Å². The third-order valence-electron chi connectivity index (χ3n) is 5.36. The fourth-order valence-electron chi connectivity index (χ4n) is 3.07. The Morgan fingerprint density at radius 3 is 2.15 bits per heavy atom. The van der Waals surface area contributed by atoms with Crippen LogP contribution in [0.1, 0.15) is 86.5 Å². The van der Waals surface area contributed by atoms with Gasteiger partial charge in [-0.1, -0.05) is 47.0 Å². The Balaban J connectivity index is 2.89. The summed E-state index contributed by atoms with van der Waals surface area (Å²) in [5.41, 5.74) is -0.0464. The maximum absolute atomic E-state index is 12.9. The average molecular weight is 281 g/mol. The Labute approximate surface area is 126 Å². The van der Waals surface area contributed by atoms with Crippen molar-refractivity contribution in [1.82, 2.24) is 5.32 Å². The largest absolute Gasteiger partial charge is 0.308 e. The minimum absolute atomic E-state index is 0.129. The van der Waals surface area contributed by atoms with Gasteiger partial charge in [-0.05, 0) is 39.5 Å². The standard InChI is InChI=1S/C18H35NO/c1-7-17(3,4)16(20)14-12-10-9-11-13-15(14)19-18(5,6)8-2/h14-15,19H,7-13H2,1-6H3/t14-,15+/m1/s1. The highest BCUT2D eigenvalue weighted by Crippen LogP contribution is 2.33. The summed E-state index contributed by atoms with van der Waals surface area (Å²) in [5.74, 6) is 0.685. The lowest BCUT2D eigenvalue weighted by molar-refractivity contribution is -0.132. The predicted octanol–water partition coefficient (Wildman–Crippen LogP) is 4.72. The number of carbonyl (C=O) groups excluding carboxylic acids is 1. The molecule has 2 nitrogen and oxygen atoms in total. The minimum atomic E-state index is -0.175. The monoisotopic (exact) mass is 281 g/mol. The Hall–Kier alpha value is -0.370. The van der Waals surface area contributed by atoms with Gasteiger partial charge in [-0.3, -0.25) is 4.79 Å². The Morgan fingerprint density at radius 2 is 1.60 bits per heavy atom. The molecule has 1 aliphatic carbocycles. The van der Waals surface area contributed by atoms with E-state index in [0.717, 1.165) is 25.7 Å². The van der Waals surface area contributed by atoms with Crippen LogP contribution in [0.3, 0.4) is 0 Å². The first-order valence-electron chi connectivity index (χ1n) is 8.55. The molecular weight excluding hydrogens is 246 g/mol. The number of Topliss-reactive ketones (excluding diaryl/α,β-unsaturated/α-hetero) is 1. The van der Waals surface area contributed by atoms with Crippen LogP contribution >= 0.6 is 0 Å². The molecule has 1 saturated carbocycles. The normalized spacial score (nSPS) is 25.3. The van der Waals surface area contributed by atoms with Crippen molar-refractivity contribution < 1.29 is 4.79 Å². The third-order valence-corrected chi connectivity index (χ3v) is 5.36. The molecule has 0 radical (unpaired) electrons. The summed E-state index contributed by atoms with van der Waals surface area (Å²) in [7, 11) is 0. The number of carbonyl (C=O) groups is 1. The Morgan fingerprint density at radius 1 is 1.00 bits per heavy atom. The van der Waals surface area contributed by atoms with E-state index in [1.54, 1.807) is 0 Å². The van der Waals surface area contributed by atoms with E-state index in [1.165, 1.54) is 19.3 Å². The summed E-state index contributed by atoms with van der Waals surface area (Å²) in [6, 6.07) is 0.366. The van der Waals surface area contributed by atoms with Crippen LogP contribution in [-0.4, -0.2) is 17.4 Å². The van der Waals surface area contributed by atoms with Gasteiger partial charge < -0.3 is 5.32 Å². The van der Waals surface area contributed by atoms with E-state index in [9.17, 15) is 4.79 Å². The van der Waals surface area contributed by atoms with Crippen LogP contribution in [0.5, 0.6) is 0 Å². The maximum atomic E-state index is 12.9. The van der Waals surface area contributed by atoms with Gasteiger partial charge in [0.15, 0.2) is 0 Å². The second-order valence-electron chi connectivity index (χ2n) is 7.83. The van der Waals surface area contributed by atoms with Crippen molar-refractivity contribution in [1.29, 1.82) is 0 Å². The van der Waals surface area contributed by atoms with Gasteiger partial charge in [0.2, 0.25) is 0 Å². The molecule has 20 heavy (non-hydrogen) atoms. The molecule has 2 atom stereocenters. The molecule has 0 aliphatic heterocycles. The van der Waals surface area contributed by atoms with Gasteiger partial charge in [-0.25, -0.2) is 0 Å². The molecule has 0 aromatic carbocycles. The molecule has 0 unspecified atom stereocenters. The number of ketones is 1. The van der Waals surface area contributed by atoms with Gasteiger partial charge in [0, 0.05) is 22.9 Å². The van der Waals surface area contributed by atoms with Crippen molar-refractivity contribution in [3.8, 4) is 0 Å². The summed E-state index contributed by atoms with van der Waals surface area (Å²) >= 11 is 0. The number of nitrogens with one attached hydrogen (secondary N) is 1. The molecular formula is C18H35NO. The van der Waals surface area contributed by atoms with Crippen molar-refractivity contribution in [2.24, 2.45) is 11.3 Å². The summed E-state index contributed by atoms with van der Waals surface area (Å²) in [4.78, 5) is 12.9. The van der Waals surface area contributed by atoms with Crippen LogP contribution in [-0.2, 0) is 4.79 Å². The van der Waals surface area contributed by atoms with Crippen molar-refractivity contribution in [3.05, 3.63) is 0 Å². The van der Waals surface area contributed by atoms with E-state index in [0.29, 0.717) is 11.8 Å². The van der Waals surface area contributed by atoms with Gasteiger partial charge in [0.25, 0.3) is 0 Å². The molecule has 1 rings (SSSR count). The van der Waals surface area contributed by atoms with Crippen molar-refractivity contribution in [2.45, 2.75) is 98.1 Å². The fraction of sp³-hybridized carbons (Fsp3) is 0.944. The molecule has 1 aliphatic rings. The zero-order valence-corrected chi connectivity index (χ0v) is 14.5. The lowest BCUT2D eigenvalue weighted by Gasteiger charge is -2.37. The topological polar surface area (TPSA) is 29.1 Å². The SMILES string of the molecule is CCC(C)(C)N[C@H]1CCCCC[C@H]1C(=O)C(C)(C)CC. The van der Waals surface area contributed by atoms with Crippen LogP contribution in [0, 0.1) is 11.3 Å². The highest BCUT2D eigenvalue weighted by Gasteiger charge is 2.38. The van der Waals surface area contributed by atoms with Crippen molar-refractivity contribution in [2.75, 3.05) is 0 Å². The fourth-order valence-corrected chi connectivity index (χ4v) is 3.07. The zero-order chi connectivity index (χ0) is 15.4. The Kier molecular flexibility index (Phi) is 6.25. The van der Waals surface area contributed by atoms with Gasteiger partial charge in [0.05, 0.1) is 0 Å². The highest BCUT2D eigenvalue weighted by molar-refractivity contribution is 5.87. The summed E-state index contributed by atoms with van der Waals surface area (Å²) in [6.07, 6.45) is 8.00. The van der Waals surface area contributed by atoms with E-state index < -0.39 is 0 Å². The van der Waals surface area contributed by atoms with Crippen LogP contribution in [0.25, 0.3) is 0 Å². The summed E-state index contributed by atoms with van der Waals surface area (Å²) in [6.45, 7) is 13.1. The highest BCUT2D eigenvalue weighted by atomic mass is 16.1. The minimum Gasteiger partial charge on any atom is -0.308 e. The molecule has 0 bridgehead atoms. The number of rotatable bonds is 6. The first-order chi connectivity index (χ1) is 9.23. The van der Waals surface area contributed by atoms with E-state index >= 15 is 0 Å². The lowest BCUT2D eigenvalue weighted by Crippen LogP contribution is -2.51. The maximum Gasteiger partial charge on any atom is 0.143 e. The number of hydrogen-bond donors (Lipinski definition) is 1. The van der Waals surface area contributed by atoms with Gasteiger partial charge in [-0.2, -0.15) is 0 Å². The molecule has 0 aromatic heterocycles. The van der Waals surface area contributed by atoms with E-state index in [2.05, 4.69) is 46.9 Å². The third kappa shape index (κ3) is 4.58. The van der Waals surface area contributed by atoms with Crippen LogP contribution < -0.4 is 5.32 Å². The second-order valence-corrected chi connectivity index (χ2v) is 7.83. The average Bonchev–Trinajstić information content (AvgIpc) is 2.62. The van der Waals surface area contributed by atoms with Crippen LogP contribution in [0.4, 0.5) is 0 Å². The van der Waals surface area contributed by atoms with E-state index in [1.807, 2.05) is 0 Å². The summed E-state index contributed by atoms with van der Waals surface area (Å²) < 4.78 is 0. The molecule has 0 heterocycles. The number of hydrogen-bond acceptors (Lipinski definition) is 2. The molecule has 0 amide bonds. The van der Waals surface area contributed by atoms with Crippen LogP contribution in [0.2, 0.25) is 0 Å².